The fourth-order valence-electron chi connectivity index (χ4n) is 4.65. The van der Waals surface area contributed by atoms with Gasteiger partial charge >= 0.3 is 6.03 Å². The molecule has 8 heteroatoms. The quantitative estimate of drug-likeness (QED) is 0.697. The topological polar surface area (TPSA) is 65.1 Å². The van der Waals surface area contributed by atoms with E-state index in [-0.39, 0.29) is 11.9 Å². The summed E-state index contributed by atoms with van der Waals surface area (Å²) in [6.45, 7) is 5.34. The second-order valence-corrected chi connectivity index (χ2v) is 9.00. The predicted octanol–water partition coefficient (Wildman–Crippen LogP) is 2.94. The summed E-state index contributed by atoms with van der Waals surface area (Å²) in [5, 5.41) is 3.73. The van der Waals surface area contributed by atoms with E-state index >= 15 is 0 Å². The molecule has 1 aromatic carbocycles. The molecule has 0 atom stereocenters. The van der Waals surface area contributed by atoms with Gasteiger partial charge in [-0.2, -0.15) is 0 Å². The number of rotatable bonds is 6. The lowest BCUT2D eigenvalue weighted by Gasteiger charge is -2.36. The summed E-state index contributed by atoms with van der Waals surface area (Å²) in [7, 11) is 0. The molecule has 0 aromatic heterocycles. The van der Waals surface area contributed by atoms with E-state index in [2.05, 4.69) is 15.1 Å². The Labute approximate surface area is 183 Å². The van der Waals surface area contributed by atoms with Crippen LogP contribution in [0.5, 0.6) is 5.75 Å². The molecule has 1 aliphatic carbocycles. The number of benzene rings is 1. The smallest absolute Gasteiger partial charge is 0.326 e. The van der Waals surface area contributed by atoms with Crippen molar-refractivity contribution >= 4 is 23.5 Å². The fourth-order valence-corrected chi connectivity index (χ4v) is 4.78. The number of halogens is 1. The molecule has 1 aromatic rings. The van der Waals surface area contributed by atoms with Crippen LogP contribution in [0.4, 0.5) is 4.79 Å². The van der Waals surface area contributed by atoms with E-state index in [0.717, 1.165) is 77.0 Å². The van der Waals surface area contributed by atoms with Gasteiger partial charge in [0.05, 0.1) is 6.67 Å². The minimum atomic E-state index is -0.644. The first kappa shape index (κ1) is 21.4. The molecular weight excluding hydrogens is 404 g/mol. The van der Waals surface area contributed by atoms with E-state index in [1.54, 1.807) is 0 Å². The number of ether oxygens (including phenoxy) is 1. The highest BCUT2D eigenvalue weighted by atomic mass is 35.5. The number of urea groups is 1. The standard InChI is InChI=1S/C22H31ClN4O3/c23-18-5-7-19(8-6-18)30-16-15-25-11-13-26(14-12-25)17-27-20(28)22(24-21(27)29)9-3-1-2-4-10-22/h5-8H,1-4,9-17H2,(H,24,29). The van der Waals surface area contributed by atoms with Crippen molar-refractivity contribution in [2.24, 2.45) is 0 Å². The van der Waals surface area contributed by atoms with Crippen LogP contribution in [0.1, 0.15) is 38.5 Å². The van der Waals surface area contributed by atoms with Gasteiger partial charge in [0.25, 0.3) is 5.91 Å². The van der Waals surface area contributed by atoms with Gasteiger partial charge in [-0.15, -0.1) is 0 Å². The highest BCUT2D eigenvalue weighted by molar-refractivity contribution is 6.30. The Morgan fingerprint density at radius 2 is 1.57 bits per heavy atom. The molecule has 3 amide bonds. The number of carbonyl (C=O) groups is 2. The van der Waals surface area contributed by atoms with E-state index < -0.39 is 5.54 Å². The van der Waals surface area contributed by atoms with Crippen LogP contribution in [-0.4, -0.2) is 78.2 Å². The zero-order valence-electron chi connectivity index (χ0n) is 17.4. The van der Waals surface area contributed by atoms with Gasteiger partial charge in [0.2, 0.25) is 0 Å². The van der Waals surface area contributed by atoms with Crippen LogP contribution in [0.3, 0.4) is 0 Å². The van der Waals surface area contributed by atoms with Crippen molar-refractivity contribution in [2.45, 2.75) is 44.1 Å². The third-order valence-electron chi connectivity index (χ3n) is 6.50. The maximum Gasteiger partial charge on any atom is 0.326 e. The molecule has 1 saturated carbocycles. The summed E-state index contributed by atoms with van der Waals surface area (Å²) in [6, 6.07) is 7.18. The normalized spacial score (nSPS) is 22.9. The third kappa shape index (κ3) is 4.90. The van der Waals surface area contributed by atoms with Crippen molar-refractivity contribution in [1.82, 2.24) is 20.0 Å². The van der Waals surface area contributed by atoms with Gasteiger partial charge in [-0.25, -0.2) is 9.69 Å². The van der Waals surface area contributed by atoms with Crippen LogP contribution in [0.25, 0.3) is 0 Å². The second-order valence-electron chi connectivity index (χ2n) is 8.56. The highest BCUT2D eigenvalue weighted by Gasteiger charge is 2.50. The molecule has 0 radical (unpaired) electrons. The molecule has 30 heavy (non-hydrogen) atoms. The Morgan fingerprint density at radius 1 is 0.933 bits per heavy atom. The summed E-state index contributed by atoms with van der Waals surface area (Å²) in [5.74, 6) is 0.803. The van der Waals surface area contributed by atoms with E-state index in [9.17, 15) is 9.59 Å². The van der Waals surface area contributed by atoms with Gasteiger partial charge in [-0.05, 0) is 37.1 Å². The largest absolute Gasteiger partial charge is 0.492 e. The Morgan fingerprint density at radius 3 is 2.23 bits per heavy atom. The second kappa shape index (κ2) is 9.54. The molecule has 3 aliphatic rings. The Balaban J connectivity index is 1.21. The van der Waals surface area contributed by atoms with Crippen molar-refractivity contribution in [2.75, 3.05) is 46.0 Å². The molecule has 3 fully saturated rings. The lowest BCUT2D eigenvalue weighted by atomic mass is 9.90. The van der Waals surface area contributed by atoms with Crippen LogP contribution in [0.2, 0.25) is 5.02 Å². The Kier molecular flexibility index (Phi) is 6.80. The number of carbonyl (C=O) groups excluding carboxylic acids is 2. The zero-order chi connectivity index (χ0) is 21.0. The number of imide groups is 1. The molecule has 164 valence electrons. The number of hydrogen-bond acceptors (Lipinski definition) is 5. The lowest BCUT2D eigenvalue weighted by Crippen LogP contribution is -2.52. The van der Waals surface area contributed by atoms with Gasteiger partial charge in [-0.1, -0.05) is 37.3 Å². The monoisotopic (exact) mass is 434 g/mol. The first-order valence-electron chi connectivity index (χ1n) is 11.0. The first-order valence-corrected chi connectivity index (χ1v) is 11.4. The number of amides is 3. The fraction of sp³-hybridized carbons (Fsp3) is 0.636. The summed E-state index contributed by atoms with van der Waals surface area (Å²) >= 11 is 5.89. The van der Waals surface area contributed by atoms with Crippen molar-refractivity contribution in [3.05, 3.63) is 29.3 Å². The summed E-state index contributed by atoms with van der Waals surface area (Å²) in [4.78, 5) is 31.6. The maximum absolute atomic E-state index is 13.1. The van der Waals surface area contributed by atoms with Crippen LogP contribution < -0.4 is 10.1 Å². The third-order valence-corrected chi connectivity index (χ3v) is 6.75. The number of piperazine rings is 1. The predicted molar refractivity (Wildman–Crippen MR) is 116 cm³/mol. The zero-order valence-corrected chi connectivity index (χ0v) is 18.2. The maximum atomic E-state index is 13.1. The van der Waals surface area contributed by atoms with E-state index in [4.69, 9.17) is 16.3 Å². The molecule has 7 nitrogen and oxygen atoms in total. The molecule has 0 unspecified atom stereocenters. The summed E-state index contributed by atoms with van der Waals surface area (Å²) < 4.78 is 5.78. The number of hydrogen-bond donors (Lipinski definition) is 1. The molecule has 2 heterocycles. The van der Waals surface area contributed by atoms with Gasteiger partial charge in [0.15, 0.2) is 0 Å². The minimum absolute atomic E-state index is 0.0202. The Bertz CT molecular complexity index is 741. The van der Waals surface area contributed by atoms with Crippen molar-refractivity contribution in [1.29, 1.82) is 0 Å². The van der Waals surface area contributed by atoms with Crippen molar-refractivity contribution in [3.63, 3.8) is 0 Å². The van der Waals surface area contributed by atoms with Gasteiger partial charge < -0.3 is 10.1 Å². The van der Waals surface area contributed by atoms with Crippen LogP contribution >= 0.6 is 11.6 Å². The van der Waals surface area contributed by atoms with E-state index in [1.165, 1.54) is 4.90 Å². The highest BCUT2D eigenvalue weighted by Crippen LogP contribution is 2.32. The van der Waals surface area contributed by atoms with Gasteiger partial charge in [-0.3, -0.25) is 14.6 Å². The molecule has 1 spiro atoms. The summed E-state index contributed by atoms with van der Waals surface area (Å²) in [6.07, 6.45) is 5.86. The number of nitrogens with zero attached hydrogens (tertiary/aromatic N) is 3. The van der Waals surface area contributed by atoms with E-state index in [1.807, 2.05) is 24.3 Å². The molecular formula is C22H31ClN4O3. The molecule has 0 bridgehead atoms. The molecule has 4 rings (SSSR count). The summed E-state index contributed by atoms with van der Waals surface area (Å²) in [5.41, 5.74) is -0.644. The first-order chi connectivity index (χ1) is 14.6. The van der Waals surface area contributed by atoms with Gasteiger partial charge in [0.1, 0.15) is 17.9 Å². The van der Waals surface area contributed by atoms with Crippen LogP contribution in [0, 0.1) is 0 Å². The molecule has 2 saturated heterocycles. The average Bonchev–Trinajstić information content (AvgIpc) is 2.91. The molecule has 2 aliphatic heterocycles. The van der Waals surface area contributed by atoms with Crippen LogP contribution in [0.15, 0.2) is 24.3 Å². The molecule has 1 N–H and O–H groups in total. The van der Waals surface area contributed by atoms with Crippen LogP contribution in [-0.2, 0) is 4.79 Å². The minimum Gasteiger partial charge on any atom is -0.492 e. The van der Waals surface area contributed by atoms with E-state index in [0.29, 0.717) is 18.3 Å². The Hall–Kier alpha value is -1.83. The SMILES string of the molecule is O=C1NC2(CCCCCC2)C(=O)N1CN1CCN(CCOc2ccc(Cl)cc2)CC1. The van der Waals surface area contributed by atoms with Gasteiger partial charge in [0, 0.05) is 37.7 Å². The average molecular weight is 435 g/mol. The number of nitrogens with one attached hydrogen (secondary N) is 1. The lowest BCUT2D eigenvalue weighted by molar-refractivity contribution is -0.133. The van der Waals surface area contributed by atoms with Crippen molar-refractivity contribution < 1.29 is 14.3 Å². The van der Waals surface area contributed by atoms with Crippen molar-refractivity contribution in [3.8, 4) is 5.75 Å².